The van der Waals surface area contributed by atoms with E-state index in [1.165, 1.54) is 4.90 Å². The smallest absolute Gasteiger partial charge is 0.308 e. The van der Waals surface area contributed by atoms with Crippen molar-refractivity contribution in [1.29, 1.82) is 0 Å². The number of amides is 3. The molecule has 1 aromatic rings. The molecule has 1 aliphatic carbocycles. The molecule has 2 saturated heterocycles. The Hall–Kier alpha value is -2.81. The van der Waals surface area contributed by atoms with Crippen LogP contribution in [0.15, 0.2) is 18.2 Å². The van der Waals surface area contributed by atoms with E-state index >= 15 is 0 Å². The molecule has 10 heteroatoms. The van der Waals surface area contributed by atoms with Crippen molar-refractivity contribution in [3.05, 3.63) is 28.8 Å². The monoisotopic (exact) mass is 505 g/mol. The van der Waals surface area contributed by atoms with Gasteiger partial charge in [-0.25, -0.2) is 0 Å². The highest BCUT2D eigenvalue weighted by Crippen LogP contribution is 2.34. The predicted octanol–water partition coefficient (Wildman–Crippen LogP) is 2.45. The number of hydrogen-bond acceptors (Lipinski definition) is 6. The average molecular weight is 506 g/mol. The highest BCUT2D eigenvalue weighted by molar-refractivity contribution is 6.35. The molecular weight excluding hydrogens is 474 g/mol. The zero-order valence-corrected chi connectivity index (χ0v) is 21.0. The van der Waals surface area contributed by atoms with Gasteiger partial charge in [-0.05, 0) is 43.2 Å². The van der Waals surface area contributed by atoms with Gasteiger partial charge in [0.1, 0.15) is 24.4 Å². The van der Waals surface area contributed by atoms with Crippen LogP contribution < -0.4 is 15.4 Å². The van der Waals surface area contributed by atoms with Crippen molar-refractivity contribution in [2.24, 2.45) is 5.41 Å². The Morgan fingerprint density at radius 2 is 1.94 bits per heavy atom. The first-order valence-electron chi connectivity index (χ1n) is 12.1. The minimum absolute atomic E-state index is 0.122. The van der Waals surface area contributed by atoms with Gasteiger partial charge in [-0.1, -0.05) is 38.4 Å². The summed E-state index contributed by atoms with van der Waals surface area (Å²) in [4.78, 5) is 52.7. The summed E-state index contributed by atoms with van der Waals surface area (Å²) in [6.07, 6.45) is 3.35. The lowest BCUT2D eigenvalue weighted by Gasteiger charge is -2.35. The Morgan fingerprint density at radius 1 is 1.20 bits per heavy atom. The van der Waals surface area contributed by atoms with Crippen molar-refractivity contribution in [1.82, 2.24) is 15.5 Å². The summed E-state index contributed by atoms with van der Waals surface area (Å²) in [5.74, 6) is -1.03. The molecule has 9 nitrogen and oxygen atoms in total. The summed E-state index contributed by atoms with van der Waals surface area (Å²) in [6, 6.07) is 3.07. The SMILES string of the molecule is CC(C)(C)[C@H](NC(=O)c1cccc(OC2CC2)c1Cl)C(=O)N1CCC[C@H]1C(=O)N[C@@H]1COC(=O)C1. The average Bonchev–Trinajstić information content (AvgIpc) is 3.29. The first-order valence-corrected chi connectivity index (χ1v) is 12.4. The Balaban J connectivity index is 1.48. The number of cyclic esters (lactones) is 1. The van der Waals surface area contributed by atoms with Crippen molar-refractivity contribution in [3.63, 3.8) is 0 Å². The molecule has 0 unspecified atom stereocenters. The molecule has 190 valence electrons. The molecular formula is C25H32ClN3O6. The number of likely N-dealkylation sites (tertiary alicyclic amines) is 1. The molecule has 2 heterocycles. The normalized spacial score (nSPS) is 23.0. The number of esters is 1. The van der Waals surface area contributed by atoms with E-state index in [0.29, 0.717) is 25.1 Å². The van der Waals surface area contributed by atoms with Gasteiger partial charge >= 0.3 is 5.97 Å². The van der Waals surface area contributed by atoms with Gasteiger partial charge in [0.25, 0.3) is 5.91 Å². The maximum absolute atomic E-state index is 13.7. The number of halogens is 1. The third-order valence-electron chi connectivity index (χ3n) is 6.46. The van der Waals surface area contributed by atoms with E-state index in [0.717, 1.165) is 12.8 Å². The molecule has 2 N–H and O–H groups in total. The van der Waals surface area contributed by atoms with Crippen LogP contribution >= 0.6 is 11.6 Å². The number of rotatable bonds is 7. The Kier molecular flexibility index (Phi) is 7.26. The van der Waals surface area contributed by atoms with Crippen molar-refractivity contribution in [2.75, 3.05) is 13.2 Å². The minimum Gasteiger partial charge on any atom is -0.489 e. The van der Waals surface area contributed by atoms with Gasteiger partial charge in [0.05, 0.1) is 29.2 Å². The third kappa shape index (κ3) is 5.89. The zero-order valence-electron chi connectivity index (χ0n) is 20.3. The minimum atomic E-state index is -0.885. The lowest BCUT2D eigenvalue weighted by molar-refractivity contribution is -0.142. The highest BCUT2D eigenvalue weighted by Gasteiger charge is 2.43. The van der Waals surface area contributed by atoms with E-state index in [9.17, 15) is 19.2 Å². The van der Waals surface area contributed by atoms with Crippen LogP contribution in [0.3, 0.4) is 0 Å². The fraction of sp³-hybridized carbons (Fsp3) is 0.600. The number of ether oxygens (including phenoxy) is 2. The highest BCUT2D eigenvalue weighted by atomic mass is 35.5. The molecule has 3 fully saturated rings. The topological polar surface area (TPSA) is 114 Å². The fourth-order valence-electron chi connectivity index (χ4n) is 4.37. The van der Waals surface area contributed by atoms with Gasteiger partial charge in [0.15, 0.2) is 0 Å². The maximum atomic E-state index is 13.7. The molecule has 3 atom stereocenters. The number of nitrogens with zero attached hydrogens (tertiary/aromatic N) is 1. The van der Waals surface area contributed by atoms with Gasteiger partial charge in [-0.15, -0.1) is 0 Å². The fourth-order valence-corrected chi connectivity index (χ4v) is 4.63. The summed E-state index contributed by atoms with van der Waals surface area (Å²) < 4.78 is 10.7. The van der Waals surface area contributed by atoms with Crippen molar-refractivity contribution in [2.45, 2.75) is 77.1 Å². The molecule has 35 heavy (non-hydrogen) atoms. The standard InChI is InChI=1S/C25H32ClN3O6/c1-25(2,3)21(28-22(31)16-6-4-8-18(20(16)26)35-15-9-10-15)24(33)29-11-5-7-17(29)23(32)27-14-12-19(30)34-13-14/h4,6,8,14-15,17,21H,5,7,9-13H2,1-3H3,(H,27,32)(H,28,31)/t14-,17-,21+/m0/s1. The van der Waals surface area contributed by atoms with E-state index in [4.69, 9.17) is 21.1 Å². The van der Waals surface area contributed by atoms with Gasteiger partial charge in [-0.2, -0.15) is 0 Å². The zero-order chi connectivity index (χ0) is 25.3. The molecule has 0 radical (unpaired) electrons. The van der Waals surface area contributed by atoms with E-state index in [1.54, 1.807) is 18.2 Å². The molecule has 3 amide bonds. The number of benzene rings is 1. The van der Waals surface area contributed by atoms with E-state index < -0.39 is 29.4 Å². The second-order valence-electron chi connectivity index (χ2n) is 10.5. The van der Waals surface area contributed by atoms with Crippen molar-refractivity contribution < 1.29 is 28.7 Å². The van der Waals surface area contributed by atoms with Crippen LogP contribution in [0.4, 0.5) is 0 Å². The van der Waals surface area contributed by atoms with Crippen LogP contribution in [-0.4, -0.2) is 66.0 Å². The molecule has 0 aromatic heterocycles. The molecule has 1 saturated carbocycles. The second kappa shape index (κ2) is 10.0. The lowest BCUT2D eigenvalue weighted by atomic mass is 9.85. The predicted molar refractivity (Wildman–Crippen MR) is 128 cm³/mol. The van der Waals surface area contributed by atoms with E-state index in [-0.39, 0.29) is 47.5 Å². The van der Waals surface area contributed by atoms with Crippen LogP contribution in [0.2, 0.25) is 5.02 Å². The van der Waals surface area contributed by atoms with E-state index in [1.807, 2.05) is 20.8 Å². The number of carbonyl (C=O) groups is 4. The maximum Gasteiger partial charge on any atom is 0.308 e. The summed E-state index contributed by atoms with van der Waals surface area (Å²) in [7, 11) is 0. The van der Waals surface area contributed by atoms with Crippen LogP contribution in [0.25, 0.3) is 0 Å². The molecule has 0 spiro atoms. The van der Waals surface area contributed by atoms with Crippen molar-refractivity contribution >= 4 is 35.3 Å². The molecule has 1 aromatic carbocycles. The number of nitrogens with one attached hydrogen (secondary N) is 2. The molecule has 3 aliphatic rings. The van der Waals surface area contributed by atoms with Crippen molar-refractivity contribution in [3.8, 4) is 5.75 Å². The van der Waals surface area contributed by atoms with E-state index in [2.05, 4.69) is 10.6 Å². The summed E-state index contributed by atoms with van der Waals surface area (Å²) in [5, 5.41) is 5.89. The largest absolute Gasteiger partial charge is 0.489 e. The van der Waals surface area contributed by atoms with Gasteiger partial charge in [-0.3, -0.25) is 19.2 Å². The quantitative estimate of drug-likeness (QED) is 0.550. The first-order chi connectivity index (χ1) is 16.5. The molecule has 0 bridgehead atoms. The Bertz CT molecular complexity index is 1020. The molecule has 4 rings (SSSR count). The lowest BCUT2D eigenvalue weighted by Crippen LogP contribution is -2.58. The van der Waals surface area contributed by atoms with Crippen LogP contribution in [-0.2, 0) is 19.1 Å². The van der Waals surface area contributed by atoms with Crippen LogP contribution in [0.1, 0.15) is 63.2 Å². The number of hydrogen-bond donors (Lipinski definition) is 2. The summed E-state index contributed by atoms with van der Waals surface area (Å²) in [6.45, 7) is 6.12. The second-order valence-corrected chi connectivity index (χ2v) is 10.9. The Labute approximate surface area is 209 Å². The molecule has 2 aliphatic heterocycles. The van der Waals surface area contributed by atoms with Gasteiger partial charge < -0.3 is 25.0 Å². The van der Waals surface area contributed by atoms with Crippen LogP contribution in [0, 0.1) is 5.41 Å². The Morgan fingerprint density at radius 3 is 2.57 bits per heavy atom. The summed E-state index contributed by atoms with van der Waals surface area (Å²) in [5.41, 5.74) is -0.398. The van der Waals surface area contributed by atoms with Gasteiger partial charge in [0.2, 0.25) is 11.8 Å². The third-order valence-corrected chi connectivity index (χ3v) is 6.85. The van der Waals surface area contributed by atoms with Crippen LogP contribution in [0.5, 0.6) is 5.75 Å². The summed E-state index contributed by atoms with van der Waals surface area (Å²) >= 11 is 6.47. The van der Waals surface area contributed by atoms with Gasteiger partial charge in [0, 0.05) is 6.54 Å². The number of carbonyl (C=O) groups excluding carboxylic acids is 4. The first kappa shape index (κ1) is 25.3.